The minimum Gasteiger partial charge on any atom is -0.457 e. The smallest absolute Gasteiger partial charge is 0.200 e. The molecule has 0 aromatic heterocycles. The zero-order chi connectivity index (χ0) is 80.1. The Morgan fingerprint density at radius 2 is 0.548 bits per heavy atom. The van der Waals surface area contributed by atoms with E-state index in [0.29, 0.717) is 101 Å². The van der Waals surface area contributed by atoms with Crippen LogP contribution in [0.3, 0.4) is 0 Å². The Bertz CT molecular complexity index is 5920. The first-order valence-corrected chi connectivity index (χ1v) is 37.3. The molecule has 0 amide bonds. The van der Waals surface area contributed by atoms with E-state index in [-0.39, 0.29) is 35.6 Å². The molecule has 4 nitrogen and oxygen atoms in total. The number of ether oxygens (including phenoxy) is 2. The number of hydrogen-bond donors (Lipinski definition) is 0. The molecule has 0 aliphatic heterocycles. The number of halogens is 12. The Balaban J connectivity index is 0.829. The van der Waals surface area contributed by atoms with Gasteiger partial charge >= 0.3 is 0 Å². The molecule has 14 aromatic carbocycles. The second kappa shape index (κ2) is 27.1. The molecule has 14 aromatic rings. The number of fused-ring (bicyclic) bond motifs is 10. The molecule has 568 valence electrons. The van der Waals surface area contributed by atoms with Crippen molar-refractivity contribution in [3.05, 3.63) is 428 Å². The average Bonchev–Trinajstić information content (AvgIpc) is 1.54. The lowest BCUT2D eigenvalue weighted by atomic mass is 9.67. The standard InChI is InChI=1S/C99H66F12N2O2/c1-7-55-17-37-67(38-18-55)114-69-41-25-59(26-42-69)98(57-21-29-61(100)30-22-57)75-15-11-9-13-71(75)73-45-33-63(49-79(73)98)112(93-89(108)85(104)83(102)86(105)90(93)109)65-35-47-77-81(51-65)97(53-95(77,3)4)54-96(5,6)78-48-36-66(52-82(78)97)113(94-91(110)87(106)84(103)88(107)92(94)111)64-34-46-74-72-14-10-12-16-76(72)99(80(74)50-64,58-23-31-62(101)32-24-58)60-27-43-70(44-28-60)115-68-39-19-56(8-2)20-40-68/h7-52H,1-2,53-54H2,3-6H3. The van der Waals surface area contributed by atoms with Crippen molar-refractivity contribution in [2.24, 2.45) is 0 Å². The molecule has 0 radical (unpaired) electrons. The van der Waals surface area contributed by atoms with E-state index in [9.17, 15) is 0 Å². The van der Waals surface area contributed by atoms with Gasteiger partial charge in [-0.3, -0.25) is 0 Å². The molecule has 0 saturated heterocycles. The van der Waals surface area contributed by atoms with Crippen LogP contribution in [-0.2, 0) is 27.1 Å². The van der Waals surface area contributed by atoms with Gasteiger partial charge in [0.05, 0.1) is 10.8 Å². The van der Waals surface area contributed by atoms with E-state index in [1.165, 1.54) is 36.4 Å². The van der Waals surface area contributed by atoms with Crippen molar-refractivity contribution in [3.63, 3.8) is 0 Å². The maximum Gasteiger partial charge on any atom is 0.200 e. The van der Waals surface area contributed by atoms with Crippen LogP contribution >= 0.6 is 0 Å². The van der Waals surface area contributed by atoms with Crippen LogP contribution in [0.2, 0.25) is 0 Å². The summed E-state index contributed by atoms with van der Waals surface area (Å²) >= 11 is 0. The molecule has 2 unspecified atom stereocenters. The Morgan fingerprint density at radius 1 is 0.278 bits per heavy atom. The molecule has 115 heavy (non-hydrogen) atoms. The van der Waals surface area contributed by atoms with Crippen molar-refractivity contribution in [1.29, 1.82) is 0 Å². The van der Waals surface area contributed by atoms with Crippen molar-refractivity contribution in [2.75, 3.05) is 9.80 Å². The molecule has 2 atom stereocenters. The van der Waals surface area contributed by atoms with Crippen molar-refractivity contribution < 1.29 is 62.2 Å². The predicted octanol–water partition coefficient (Wildman–Crippen LogP) is 27.5. The molecule has 0 bridgehead atoms. The van der Waals surface area contributed by atoms with E-state index in [2.05, 4.69) is 13.2 Å². The monoisotopic (exact) mass is 1540 g/mol. The number of hydrogen-bond acceptors (Lipinski definition) is 4. The Labute approximate surface area is 655 Å². The maximum absolute atomic E-state index is 17.5. The van der Waals surface area contributed by atoms with Crippen LogP contribution in [0.5, 0.6) is 23.0 Å². The van der Waals surface area contributed by atoms with E-state index in [1.54, 1.807) is 146 Å². The van der Waals surface area contributed by atoms with E-state index < -0.39 is 108 Å². The zero-order valence-corrected chi connectivity index (χ0v) is 62.1. The molecule has 16 heteroatoms. The Morgan fingerprint density at radius 3 is 0.870 bits per heavy atom. The highest BCUT2D eigenvalue weighted by Crippen LogP contribution is 2.66. The van der Waals surface area contributed by atoms with Gasteiger partial charge in [-0.1, -0.05) is 199 Å². The summed E-state index contributed by atoms with van der Waals surface area (Å²) < 4.78 is 210. The molecule has 4 aliphatic rings. The summed E-state index contributed by atoms with van der Waals surface area (Å²) in [5.74, 6) is -21.4. The SMILES string of the molecule is C=Cc1ccc(Oc2ccc(C3(c4ccc(F)cc4)c4ccccc4-c4ccc(N(c5ccc6c(c5)C5(CC6(C)C)CC(C)(C)c6ccc(N(c7ccc8c(c7)C(c7ccc(F)cc7)(c7ccc(Oc9ccc(C=C)cc9)cc7)c7ccccc7-8)c7c(F)c(F)c(F)c(F)c7F)cc65)c5c(F)c(F)c(F)c(F)c5F)cc43)cc2)cc1. The Hall–Kier alpha value is -13.1. The van der Waals surface area contributed by atoms with Crippen LogP contribution in [0.15, 0.2) is 280 Å². The molecule has 0 fully saturated rings. The number of rotatable bonds is 16. The van der Waals surface area contributed by atoms with E-state index >= 15 is 52.7 Å². The van der Waals surface area contributed by atoms with Gasteiger partial charge in [-0.25, -0.2) is 52.7 Å². The maximum atomic E-state index is 17.5. The summed E-state index contributed by atoms with van der Waals surface area (Å²) in [5, 5.41) is 0. The van der Waals surface area contributed by atoms with Gasteiger partial charge in [0.2, 0.25) is 11.6 Å². The summed E-state index contributed by atoms with van der Waals surface area (Å²) in [4.78, 5) is 1.99. The Kier molecular flexibility index (Phi) is 17.3. The van der Waals surface area contributed by atoms with Crippen molar-refractivity contribution in [2.45, 2.75) is 67.6 Å². The minimum atomic E-state index is -2.39. The minimum absolute atomic E-state index is 0.0685. The molecular weight excluding hydrogens is 1480 g/mol. The lowest BCUT2D eigenvalue weighted by molar-refractivity contribution is 0.349. The summed E-state index contributed by atoms with van der Waals surface area (Å²) in [6.45, 7) is 15.6. The van der Waals surface area contributed by atoms with E-state index in [1.807, 2.05) is 125 Å². The largest absolute Gasteiger partial charge is 0.457 e. The van der Waals surface area contributed by atoms with Gasteiger partial charge in [0, 0.05) is 28.2 Å². The predicted molar refractivity (Wildman–Crippen MR) is 426 cm³/mol. The highest BCUT2D eigenvalue weighted by atomic mass is 19.2. The molecule has 18 rings (SSSR count). The first kappa shape index (κ1) is 73.4. The molecule has 0 heterocycles. The third-order valence-electron chi connectivity index (χ3n) is 23.7. The van der Waals surface area contributed by atoms with Crippen LogP contribution in [0.25, 0.3) is 34.4 Å². The van der Waals surface area contributed by atoms with Gasteiger partial charge in [0.1, 0.15) is 46.0 Å². The van der Waals surface area contributed by atoms with E-state index in [4.69, 9.17) is 9.47 Å². The van der Waals surface area contributed by atoms with Crippen molar-refractivity contribution in [3.8, 4) is 45.3 Å². The van der Waals surface area contributed by atoms with E-state index in [0.717, 1.165) is 32.1 Å². The lowest BCUT2D eigenvalue weighted by Crippen LogP contribution is -2.29. The zero-order valence-electron chi connectivity index (χ0n) is 62.1. The molecule has 4 aliphatic carbocycles. The van der Waals surface area contributed by atoms with Gasteiger partial charge in [0.25, 0.3) is 0 Å². The van der Waals surface area contributed by atoms with Gasteiger partial charge < -0.3 is 19.3 Å². The second-order valence-electron chi connectivity index (χ2n) is 31.0. The normalized spacial score (nSPS) is 17.5. The van der Waals surface area contributed by atoms with Gasteiger partial charge in [-0.2, -0.15) is 0 Å². The highest BCUT2D eigenvalue weighted by molar-refractivity contribution is 5.93. The summed E-state index contributed by atoms with van der Waals surface area (Å²) in [5.41, 5.74) is 3.17. The van der Waals surface area contributed by atoms with Crippen LogP contribution in [0.4, 0.5) is 86.8 Å². The molecule has 0 N–H and O–H groups in total. The number of anilines is 6. The van der Waals surface area contributed by atoms with Gasteiger partial charge in [0.15, 0.2) is 46.5 Å². The van der Waals surface area contributed by atoms with Crippen molar-refractivity contribution >= 4 is 46.3 Å². The van der Waals surface area contributed by atoms with Crippen molar-refractivity contribution in [1.82, 2.24) is 0 Å². The van der Waals surface area contributed by atoms with Crippen LogP contribution in [0, 0.1) is 69.8 Å². The van der Waals surface area contributed by atoms with Crippen LogP contribution in [0.1, 0.15) is 118 Å². The quantitative estimate of drug-likeness (QED) is 0.0547. The fourth-order valence-electron chi connectivity index (χ4n) is 18.9. The first-order chi connectivity index (χ1) is 55.3. The topological polar surface area (TPSA) is 24.9 Å². The summed E-state index contributed by atoms with van der Waals surface area (Å²) in [6.07, 6.45) is 3.96. The van der Waals surface area contributed by atoms with Gasteiger partial charge in [-0.05, 0) is 245 Å². The number of benzene rings is 14. The average molecular weight is 1540 g/mol. The van der Waals surface area contributed by atoms with Crippen LogP contribution in [-0.4, -0.2) is 0 Å². The van der Waals surface area contributed by atoms with Crippen LogP contribution < -0.4 is 19.3 Å². The summed E-state index contributed by atoms with van der Waals surface area (Å²) in [6, 6.07) is 75.5. The second-order valence-corrected chi connectivity index (χ2v) is 31.0. The fourth-order valence-corrected chi connectivity index (χ4v) is 18.9. The summed E-state index contributed by atoms with van der Waals surface area (Å²) in [7, 11) is 0. The fraction of sp³-hybridized carbons (Fsp3) is 0.111. The first-order valence-electron chi connectivity index (χ1n) is 37.3. The lowest BCUT2D eigenvalue weighted by Gasteiger charge is -2.35. The molecular formula is C99H66F12N2O2. The third-order valence-corrected chi connectivity index (χ3v) is 23.7. The highest BCUT2D eigenvalue weighted by Gasteiger charge is 2.57. The molecule has 0 saturated carbocycles. The molecule has 1 spiro atoms. The van der Waals surface area contributed by atoms with Gasteiger partial charge in [-0.15, -0.1) is 0 Å². The number of nitrogens with zero attached hydrogens (tertiary/aromatic N) is 2. The third kappa shape index (κ3) is 11.2.